The van der Waals surface area contributed by atoms with Crippen LogP contribution >= 0.6 is 12.4 Å². The number of fused-ring (bicyclic) bond motifs is 1. The number of aryl methyl sites for hydroxylation is 1. The van der Waals surface area contributed by atoms with Crippen molar-refractivity contribution in [3.8, 4) is 0 Å². The van der Waals surface area contributed by atoms with E-state index in [1.807, 2.05) is 6.92 Å². The second-order valence-corrected chi connectivity index (χ2v) is 6.47. The molecule has 0 bridgehead atoms. The first-order chi connectivity index (χ1) is 8.44. The Kier molecular flexibility index (Phi) is 4.95. The van der Waals surface area contributed by atoms with Gasteiger partial charge in [0.1, 0.15) is 0 Å². The fraction of sp³-hybridized carbons (Fsp3) is 0.417. The van der Waals surface area contributed by atoms with E-state index >= 15 is 0 Å². The summed E-state index contributed by atoms with van der Waals surface area (Å²) >= 11 is 0. The molecule has 1 aromatic rings. The van der Waals surface area contributed by atoms with E-state index in [1.54, 1.807) is 12.1 Å². The fourth-order valence-corrected chi connectivity index (χ4v) is 3.49. The third-order valence-electron chi connectivity index (χ3n) is 3.09. The van der Waals surface area contributed by atoms with Gasteiger partial charge in [-0.15, -0.1) is 12.4 Å². The molecule has 0 aliphatic carbocycles. The number of amides is 1. The van der Waals surface area contributed by atoms with Gasteiger partial charge in [-0.3, -0.25) is 4.79 Å². The third kappa shape index (κ3) is 3.26. The van der Waals surface area contributed by atoms with Gasteiger partial charge in [0.25, 0.3) is 0 Å². The van der Waals surface area contributed by atoms with Crippen LogP contribution in [0.1, 0.15) is 18.9 Å². The van der Waals surface area contributed by atoms with Crippen LogP contribution in [0.25, 0.3) is 0 Å². The molecule has 0 fully saturated rings. The summed E-state index contributed by atoms with van der Waals surface area (Å²) in [5, 5.41) is 2.63. The SMILES string of the molecule is CC[C@H](N)C(=O)Nc1ccc2c(c1)S(=O)(=O)CC2.Cl. The highest BCUT2D eigenvalue weighted by Gasteiger charge is 2.26. The maximum Gasteiger partial charge on any atom is 0.241 e. The summed E-state index contributed by atoms with van der Waals surface area (Å²) in [7, 11) is -3.17. The molecule has 1 heterocycles. The van der Waals surface area contributed by atoms with Crippen molar-refractivity contribution in [3.05, 3.63) is 23.8 Å². The normalized spacial score (nSPS) is 17.2. The maximum absolute atomic E-state index is 11.7. The van der Waals surface area contributed by atoms with Crippen LogP contribution < -0.4 is 11.1 Å². The average Bonchev–Trinajstić information content (AvgIpc) is 2.64. The highest BCUT2D eigenvalue weighted by molar-refractivity contribution is 7.91. The van der Waals surface area contributed by atoms with Gasteiger partial charge in [-0.2, -0.15) is 0 Å². The van der Waals surface area contributed by atoms with Crippen LogP contribution in [0.3, 0.4) is 0 Å². The van der Waals surface area contributed by atoms with Gasteiger partial charge in [-0.1, -0.05) is 13.0 Å². The Hall–Kier alpha value is -1.11. The van der Waals surface area contributed by atoms with Crippen LogP contribution in [-0.4, -0.2) is 26.1 Å². The zero-order valence-electron chi connectivity index (χ0n) is 10.5. The molecule has 19 heavy (non-hydrogen) atoms. The van der Waals surface area contributed by atoms with Crippen molar-refractivity contribution in [2.24, 2.45) is 5.73 Å². The van der Waals surface area contributed by atoms with Crippen LogP contribution in [0, 0.1) is 0 Å². The molecule has 0 saturated carbocycles. The predicted octanol–water partition coefficient (Wildman–Crippen LogP) is 1.11. The zero-order chi connectivity index (χ0) is 13.3. The smallest absolute Gasteiger partial charge is 0.241 e. The second-order valence-electron chi connectivity index (χ2n) is 4.40. The van der Waals surface area contributed by atoms with Crippen molar-refractivity contribution < 1.29 is 13.2 Å². The van der Waals surface area contributed by atoms with Crippen molar-refractivity contribution in [2.45, 2.75) is 30.7 Å². The van der Waals surface area contributed by atoms with Crippen molar-refractivity contribution >= 4 is 33.8 Å². The molecular weight excluding hydrogens is 288 g/mol. The molecule has 1 aliphatic heterocycles. The van der Waals surface area contributed by atoms with E-state index in [0.717, 1.165) is 5.56 Å². The maximum atomic E-state index is 11.7. The zero-order valence-corrected chi connectivity index (χ0v) is 12.2. The van der Waals surface area contributed by atoms with Gasteiger partial charge >= 0.3 is 0 Å². The second kappa shape index (κ2) is 5.90. The first-order valence-electron chi connectivity index (χ1n) is 5.86. The van der Waals surface area contributed by atoms with Gasteiger partial charge < -0.3 is 11.1 Å². The van der Waals surface area contributed by atoms with E-state index in [9.17, 15) is 13.2 Å². The van der Waals surface area contributed by atoms with Crippen molar-refractivity contribution in [1.82, 2.24) is 0 Å². The highest BCUT2D eigenvalue weighted by Crippen LogP contribution is 2.28. The minimum atomic E-state index is -3.17. The summed E-state index contributed by atoms with van der Waals surface area (Å²) in [6.07, 6.45) is 1.08. The number of rotatable bonds is 3. The van der Waals surface area contributed by atoms with Crippen LogP contribution in [-0.2, 0) is 21.1 Å². The molecule has 7 heteroatoms. The molecule has 0 saturated heterocycles. The Balaban J connectivity index is 0.00000180. The molecule has 1 amide bonds. The number of benzene rings is 1. The van der Waals surface area contributed by atoms with Gasteiger partial charge in [-0.25, -0.2) is 8.42 Å². The molecule has 3 N–H and O–H groups in total. The minimum absolute atomic E-state index is 0. The van der Waals surface area contributed by atoms with Crippen molar-refractivity contribution in [3.63, 3.8) is 0 Å². The van der Waals surface area contributed by atoms with Gasteiger partial charge in [0.05, 0.1) is 16.7 Å². The van der Waals surface area contributed by atoms with Crippen LogP contribution in [0.15, 0.2) is 23.1 Å². The number of sulfone groups is 1. The Bertz CT molecular complexity index is 587. The topological polar surface area (TPSA) is 89.3 Å². The lowest BCUT2D eigenvalue weighted by Crippen LogP contribution is -2.34. The van der Waals surface area contributed by atoms with E-state index in [2.05, 4.69) is 5.32 Å². The number of anilines is 1. The van der Waals surface area contributed by atoms with Gasteiger partial charge in [0, 0.05) is 5.69 Å². The number of nitrogens with two attached hydrogens (primary N) is 1. The van der Waals surface area contributed by atoms with Gasteiger partial charge in [0.15, 0.2) is 9.84 Å². The molecule has 1 aliphatic rings. The van der Waals surface area contributed by atoms with Crippen LogP contribution in [0.4, 0.5) is 5.69 Å². The van der Waals surface area contributed by atoms with E-state index in [0.29, 0.717) is 23.4 Å². The van der Waals surface area contributed by atoms with E-state index < -0.39 is 15.9 Å². The highest BCUT2D eigenvalue weighted by atomic mass is 35.5. The summed E-state index contributed by atoms with van der Waals surface area (Å²) in [5.41, 5.74) is 6.89. The number of carbonyl (C=O) groups excluding carboxylic acids is 1. The lowest BCUT2D eigenvalue weighted by atomic mass is 10.1. The molecule has 0 unspecified atom stereocenters. The summed E-state index contributed by atoms with van der Waals surface area (Å²) in [6.45, 7) is 1.82. The predicted molar refractivity (Wildman–Crippen MR) is 76.3 cm³/mol. The van der Waals surface area contributed by atoms with Crippen molar-refractivity contribution in [1.29, 1.82) is 0 Å². The Morgan fingerprint density at radius 1 is 1.47 bits per heavy atom. The number of hydrogen-bond donors (Lipinski definition) is 2. The first-order valence-corrected chi connectivity index (χ1v) is 7.51. The van der Waals surface area contributed by atoms with Gasteiger partial charge in [-0.05, 0) is 30.5 Å². The first kappa shape index (κ1) is 15.9. The summed E-state index contributed by atoms with van der Waals surface area (Å²) in [5.74, 6) is -0.151. The van der Waals surface area contributed by atoms with Crippen molar-refractivity contribution in [2.75, 3.05) is 11.1 Å². The Morgan fingerprint density at radius 3 is 2.79 bits per heavy atom. The third-order valence-corrected chi connectivity index (χ3v) is 4.88. The molecule has 0 spiro atoms. The molecular formula is C12H17ClN2O3S. The number of hydrogen-bond acceptors (Lipinski definition) is 4. The molecule has 106 valence electrons. The molecule has 0 aromatic heterocycles. The fourth-order valence-electron chi connectivity index (χ4n) is 1.90. The number of carbonyl (C=O) groups is 1. The summed E-state index contributed by atoms with van der Waals surface area (Å²) < 4.78 is 23.5. The van der Waals surface area contributed by atoms with Crippen LogP contribution in [0.5, 0.6) is 0 Å². The molecule has 2 rings (SSSR count). The van der Waals surface area contributed by atoms with E-state index in [4.69, 9.17) is 5.73 Å². The van der Waals surface area contributed by atoms with Crippen LogP contribution in [0.2, 0.25) is 0 Å². The molecule has 1 atom stereocenters. The molecule has 5 nitrogen and oxygen atoms in total. The molecule has 0 radical (unpaired) electrons. The Labute approximate surface area is 118 Å². The quantitative estimate of drug-likeness (QED) is 0.875. The average molecular weight is 305 g/mol. The lowest BCUT2D eigenvalue weighted by molar-refractivity contribution is -0.117. The number of halogens is 1. The standard InChI is InChI=1S/C12H16N2O3S.ClH/c1-2-10(13)12(15)14-9-4-3-8-5-6-18(16,17)11(8)7-9;/h3-4,7,10H,2,5-6,13H2,1H3,(H,14,15);1H/t10-;/m0./s1. The minimum Gasteiger partial charge on any atom is -0.325 e. The summed E-state index contributed by atoms with van der Waals surface area (Å²) in [6, 6.07) is 4.39. The van der Waals surface area contributed by atoms with Gasteiger partial charge in [0.2, 0.25) is 5.91 Å². The van der Waals surface area contributed by atoms with E-state index in [-0.39, 0.29) is 24.1 Å². The van der Waals surface area contributed by atoms with E-state index in [1.165, 1.54) is 6.07 Å². The Morgan fingerprint density at radius 2 is 2.16 bits per heavy atom. The largest absolute Gasteiger partial charge is 0.325 e. The number of nitrogens with one attached hydrogen (secondary N) is 1. The summed E-state index contributed by atoms with van der Waals surface area (Å²) in [4.78, 5) is 11.9. The monoisotopic (exact) mass is 304 g/mol. The lowest BCUT2D eigenvalue weighted by Gasteiger charge is -2.10. The molecule has 1 aromatic carbocycles.